The second-order valence-electron chi connectivity index (χ2n) is 5.35. The van der Waals surface area contributed by atoms with Crippen LogP contribution >= 0.6 is 47.0 Å². The molecule has 0 saturated heterocycles. The van der Waals surface area contributed by atoms with Crippen LogP contribution in [0.3, 0.4) is 0 Å². The van der Waals surface area contributed by atoms with Crippen molar-refractivity contribution in [2.75, 3.05) is 24.6 Å². The molecule has 0 radical (unpaired) electrons. The van der Waals surface area contributed by atoms with Gasteiger partial charge in [0.25, 0.3) is 0 Å². The van der Waals surface area contributed by atoms with Crippen molar-refractivity contribution >= 4 is 66.0 Å². The van der Waals surface area contributed by atoms with Crippen molar-refractivity contribution in [1.82, 2.24) is 0 Å². The molecular weight excluding hydrogens is 404 g/mol. The molecule has 140 valence electrons. The molecule has 0 fully saturated rings. The zero-order chi connectivity index (χ0) is 18.6. The van der Waals surface area contributed by atoms with Crippen molar-refractivity contribution in [1.29, 1.82) is 0 Å². The summed E-state index contributed by atoms with van der Waals surface area (Å²) in [6.07, 6.45) is 2.10. The van der Waals surface area contributed by atoms with Crippen LogP contribution in [-0.2, 0) is 16.0 Å². The predicted molar refractivity (Wildman–Crippen MR) is 120 cm³/mol. The van der Waals surface area contributed by atoms with Gasteiger partial charge < -0.3 is 0 Å². The minimum absolute atomic E-state index is 0.175. The molecule has 1 aromatic carbocycles. The van der Waals surface area contributed by atoms with Crippen molar-refractivity contribution < 1.29 is 9.59 Å². The Hall–Kier alpha value is -0.700. The van der Waals surface area contributed by atoms with Crippen LogP contribution in [-0.4, -0.2) is 43.6 Å². The van der Waals surface area contributed by atoms with Gasteiger partial charge in [-0.25, -0.2) is 0 Å². The van der Waals surface area contributed by atoms with Crippen LogP contribution in [0.1, 0.15) is 25.3 Å². The number of thioether (sulfide) groups is 4. The van der Waals surface area contributed by atoms with E-state index in [0.717, 1.165) is 45.3 Å². The second kappa shape index (κ2) is 12.6. The first-order valence-electron chi connectivity index (χ1n) is 8.47. The van der Waals surface area contributed by atoms with E-state index in [2.05, 4.69) is 9.98 Å². The maximum atomic E-state index is 11.6. The fourth-order valence-corrected chi connectivity index (χ4v) is 5.86. The average molecular weight is 427 g/mol. The summed E-state index contributed by atoms with van der Waals surface area (Å²) in [5.74, 6) is 2.06. The summed E-state index contributed by atoms with van der Waals surface area (Å²) in [6.45, 7) is 3.75. The lowest BCUT2D eigenvalue weighted by molar-refractivity contribution is -0.111. The van der Waals surface area contributed by atoms with Gasteiger partial charge in [0.05, 0.1) is 13.1 Å². The number of hydrogen-bond acceptors (Lipinski definition) is 8. The third-order valence-electron chi connectivity index (χ3n) is 3.16. The first-order chi connectivity index (χ1) is 12.7. The summed E-state index contributed by atoms with van der Waals surface area (Å²) < 4.78 is 1.89. The van der Waals surface area contributed by atoms with Gasteiger partial charge in [-0.3, -0.25) is 19.6 Å². The third kappa shape index (κ3) is 8.79. The van der Waals surface area contributed by atoms with Crippen LogP contribution in [0.5, 0.6) is 0 Å². The largest absolute Gasteiger partial charge is 0.287 e. The topological polar surface area (TPSA) is 58.9 Å². The molecule has 3 rings (SSSR count). The molecule has 0 atom stereocenters. The van der Waals surface area contributed by atoms with Gasteiger partial charge in [-0.1, -0.05) is 60.8 Å². The quantitative estimate of drug-likeness (QED) is 0.693. The van der Waals surface area contributed by atoms with E-state index in [-0.39, 0.29) is 10.2 Å². The Morgan fingerprint density at radius 3 is 2.04 bits per heavy atom. The lowest BCUT2D eigenvalue weighted by atomic mass is 10.2. The second-order valence-corrected chi connectivity index (χ2v) is 10.1. The van der Waals surface area contributed by atoms with Crippen LogP contribution in [0.15, 0.2) is 40.3 Å². The molecule has 0 saturated carbocycles. The number of carbonyl (C=O) groups excluding carboxylic acids is 2. The van der Waals surface area contributed by atoms with Gasteiger partial charge in [-0.2, -0.15) is 0 Å². The number of aliphatic imine (C=N–C) groups is 2. The Morgan fingerprint density at radius 2 is 1.54 bits per heavy atom. The number of carbonyl (C=O) groups is 2. The van der Waals surface area contributed by atoms with Crippen molar-refractivity contribution in [3.63, 3.8) is 0 Å². The minimum Gasteiger partial charge on any atom is -0.287 e. The average Bonchev–Trinajstić information content (AvgIpc) is 3.30. The van der Waals surface area contributed by atoms with Crippen LogP contribution in [0, 0.1) is 0 Å². The maximum absolute atomic E-state index is 11.6. The highest BCUT2D eigenvalue weighted by Gasteiger charge is 2.13. The van der Waals surface area contributed by atoms with Crippen LogP contribution in [0.2, 0.25) is 0 Å². The molecule has 8 heteroatoms. The lowest BCUT2D eigenvalue weighted by Crippen LogP contribution is -1.99. The fourth-order valence-electron chi connectivity index (χ4n) is 2.00. The zero-order valence-corrected chi connectivity index (χ0v) is 17.9. The highest BCUT2D eigenvalue weighted by atomic mass is 32.2. The molecule has 0 aromatic heterocycles. The normalized spacial score (nSPS) is 15.7. The highest BCUT2D eigenvalue weighted by molar-refractivity contribution is 8.45. The Morgan fingerprint density at radius 1 is 0.962 bits per heavy atom. The maximum Gasteiger partial charge on any atom is 0.200 e. The smallest absolute Gasteiger partial charge is 0.200 e. The van der Waals surface area contributed by atoms with Crippen LogP contribution < -0.4 is 0 Å². The van der Waals surface area contributed by atoms with Crippen molar-refractivity contribution in [3.05, 3.63) is 35.9 Å². The fraction of sp³-hybridized carbons (Fsp3) is 0.444. The first kappa shape index (κ1) is 21.6. The van der Waals surface area contributed by atoms with E-state index in [1.807, 2.05) is 37.3 Å². The van der Waals surface area contributed by atoms with E-state index in [4.69, 9.17) is 0 Å². The Kier molecular flexibility index (Phi) is 10.5. The van der Waals surface area contributed by atoms with E-state index in [1.54, 1.807) is 23.5 Å². The Labute approximate surface area is 171 Å². The summed E-state index contributed by atoms with van der Waals surface area (Å²) in [7, 11) is 0. The molecule has 0 unspecified atom stereocenters. The molecular formula is C18H22N2O2S4. The van der Waals surface area contributed by atoms with E-state index >= 15 is 0 Å². The summed E-state index contributed by atoms with van der Waals surface area (Å²) in [5.41, 5.74) is 1.07. The molecule has 1 aromatic rings. The van der Waals surface area contributed by atoms with Crippen molar-refractivity contribution in [2.24, 2.45) is 9.98 Å². The zero-order valence-electron chi connectivity index (χ0n) is 14.7. The highest BCUT2D eigenvalue weighted by Crippen LogP contribution is 2.24. The van der Waals surface area contributed by atoms with Crippen molar-refractivity contribution in [2.45, 2.75) is 26.2 Å². The predicted octanol–water partition coefficient (Wildman–Crippen LogP) is 4.74. The van der Waals surface area contributed by atoms with Gasteiger partial charge in [0, 0.05) is 24.3 Å². The molecule has 0 amide bonds. The number of nitrogens with zero attached hydrogens (tertiary/aromatic N) is 2. The van der Waals surface area contributed by atoms with Gasteiger partial charge in [-0.15, -0.1) is 0 Å². The summed E-state index contributed by atoms with van der Waals surface area (Å²) >= 11 is 5.94. The van der Waals surface area contributed by atoms with Gasteiger partial charge in [0.15, 0.2) is 10.2 Å². The molecule has 26 heavy (non-hydrogen) atoms. The SMILES string of the molecule is CCCC(=O)SC1=NCCS1.O=C(Cc1ccccc1)SC1=NCCS1. The Bertz CT molecular complexity index is 662. The van der Waals surface area contributed by atoms with Gasteiger partial charge in [0.1, 0.15) is 8.75 Å². The number of benzene rings is 1. The molecule has 0 spiro atoms. The van der Waals surface area contributed by atoms with E-state index in [0.29, 0.717) is 12.8 Å². The Balaban J connectivity index is 0.000000197. The summed E-state index contributed by atoms with van der Waals surface area (Å²) in [4.78, 5) is 31.1. The molecule has 2 aliphatic rings. The summed E-state index contributed by atoms with van der Waals surface area (Å²) in [5, 5.41) is 0.426. The van der Waals surface area contributed by atoms with Crippen LogP contribution in [0.25, 0.3) is 0 Å². The lowest BCUT2D eigenvalue weighted by Gasteiger charge is -1.99. The molecule has 0 N–H and O–H groups in total. The van der Waals surface area contributed by atoms with Gasteiger partial charge in [0.2, 0.25) is 0 Å². The van der Waals surface area contributed by atoms with Crippen molar-refractivity contribution in [3.8, 4) is 0 Å². The monoisotopic (exact) mass is 426 g/mol. The summed E-state index contributed by atoms with van der Waals surface area (Å²) in [6, 6.07) is 9.81. The van der Waals surface area contributed by atoms with Crippen LogP contribution in [0.4, 0.5) is 0 Å². The van der Waals surface area contributed by atoms with E-state index in [1.165, 1.54) is 23.5 Å². The first-order valence-corrected chi connectivity index (χ1v) is 12.1. The third-order valence-corrected chi connectivity index (χ3v) is 7.31. The van der Waals surface area contributed by atoms with E-state index < -0.39 is 0 Å². The molecule has 0 aliphatic carbocycles. The van der Waals surface area contributed by atoms with Gasteiger partial charge in [-0.05, 0) is 35.5 Å². The number of hydrogen-bond donors (Lipinski definition) is 0. The molecule has 0 bridgehead atoms. The molecule has 2 heterocycles. The van der Waals surface area contributed by atoms with E-state index in [9.17, 15) is 9.59 Å². The van der Waals surface area contributed by atoms with Gasteiger partial charge >= 0.3 is 0 Å². The molecule has 2 aliphatic heterocycles. The number of rotatable bonds is 4. The molecule has 4 nitrogen and oxygen atoms in total. The minimum atomic E-state index is 0.175. The standard InChI is InChI=1S/C11H11NOS2.C7H11NOS2/c13-10(15-11-12-6-7-14-11)8-9-4-2-1-3-5-9;1-2-3-6(9)11-7-8-4-5-10-7/h1-5H,6-8H2;2-5H2,1H3.